The SMILES string of the molecule is Cc1c(Cl)nc(C(C)(C)C)nc1NCCCCC(C)C. The molecule has 0 aliphatic carbocycles. The highest BCUT2D eigenvalue weighted by Crippen LogP contribution is 2.26. The molecule has 1 rings (SSSR count). The summed E-state index contributed by atoms with van der Waals surface area (Å²) in [6, 6.07) is 0. The van der Waals surface area contributed by atoms with Gasteiger partial charge in [-0.2, -0.15) is 0 Å². The molecule has 0 aliphatic rings. The monoisotopic (exact) mass is 297 g/mol. The maximum absolute atomic E-state index is 6.22. The van der Waals surface area contributed by atoms with Crippen molar-refractivity contribution < 1.29 is 0 Å². The third-order valence-electron chi connectivity index (χ3n) is 3.26. The van der Waals surface area contributed by atoms with Crippen molar-refractivity contribution in [1.82, 2.24) is 9.97 Å². The van der Waals surface area contributed by atoms with Crippen LogP contribution in [0.2, 0.25) is 5.15 Å². The standard InChI is InChI=1S/C16H28ClN3/c1-11(2)9-7-8-10-18-14-12(3)13(17)19-15(20-14)16(4,5)6/h11H,7-10H2,1-6H3,(H,18,19,20). The van der Waals surface area contributed by atoms with Gasteiger partial charge in [0.2, 0.25) is 0 Å². The predicted octanol–water partition coefficient (Wildman–Crippen LogP) is 4.97. The number of aromatic nitrogens is 2. The van der Waals surface area contributed by atoms with E-state index in [-0.39, 0.29) is 5.41 Å². The van der Waals surface area contributed by atoms with Gasteiger partial charge in [0, 0.05) is 17.5 Å². The highest BCUT2D eigenvalue weighted by atomic mass is 35.5. The number of hydrogen-bond acceptors (Lipinski definition) is 3. The Bertz CT molecular complexity index is 436. The Morgan fingerprint density at radius 1 is 1.15 bits per heavy atom. The number of anilines is 1. The van der Waals surface area contributed by atoms with Crippen LogP contribution in [0.4, 0.5) is 5.82 Å². The van der Waals surface area contributed by atoms with Gasteiger partial charge in [0.25, 0.3) is 0 Å². The van der Waals surface area contributed by atoms with Crippen LogP contribution in [0, 0.1) is 12.8 Å². The predicted molar refractivity (Wildman–Crippen MR) is 87.7 cm³/mol. The maximum atomic E-state index is 6.22. The van der Waals surface area contributed by atoms with Gasteiger partial charge in [-0.25, -0.2) is 9.97 Å². The average molecular weight is 298 g/mol. The van der Waals surface area contributed by atoms with Crippen molar-refractivity contribution in [3.05, 3.63) is 16.5 Å². The van der Waals surface area contributed by atoms with E-state index in [0.717, 1.165) is 36.1 Å². The first-order valence-corrected chi connectivity index (χ1v) is 7.88. The largest absolute Gasteiger partial charge is 0.370 e. The Kier molecular flexibility index (Phi) is 6.25. The second kappa shape index (κ2) is 7.26. The third kappa shape index (κ3) is 5.28. The van der Waals surface area contributed by atoms with E-state index in [1.807, 2.05) is 6.92 Å². The zero-order valence-corrected chi connectivity index (χ0v) is 14.4. The Morgan fingerprint density at radius 2 is 1.80 bits per heavy atom. The van der Waals surface area contributed by atoms with Crippen LogP contribution in [-0.4, -0.2) is 16.5 Å². The van der Waals surface area contributed by atoms with Crippen LogP contribution in [0.25, 0.3) is 0 Å². The summed E-state index contributed by atoms with van der Waals surface area (Å²) in [6.45, 7) is 13.7. The minimum absolute atomic E-state index is 0.0919. The van der Waals surface area contributed by atoms with Crippen molar-refractivity contribution in [2.45, 2.75) is 66.2 Å². The Morgan fingerprint density at radius 3 is 2.35 bits per heavy atom. The molecule has 1 aromatic heterocycles. The normalized spacial score (nSPS) is 12.0. The van der Waals surface area contributed by atoms with Gasteiger partial charge in [-0.05, 0) is 19.3 Å². The summed E-state index contributed by atoms with van der Waals surface area (Å²) in [6.07, 6.45) is 3.68. The first-order chi connectivity index (χ1) is 9.21. The van der Waals surface area contributed by atoms with E-state index in [1.165, 1.54) is 12.8 Å². The molecule has 0 unspecified atom stereocenters. The van der Waals surface area contributed by atoms with Gasteiger partial charge in [-0.15, -0.1) is 0 Å². The van der Waals surface area contributed by atoms with Crippen LogP contribution in [-0.2, 0) is 5.41 Å². The van der Waals surface area contributed by atoms with E-state index >= 15 is 0 Å². The van der Waals surface area contributed by atoms with Gasteiger partial charge in [-0.1, -0.05) is 59.1 Å². The molecular formula is C16H28ClN3. The third-order valence-corrected chi connectivity index (χ3v) is 3.63. The molecule has 0 bridgehead atoms. The molecule has 3 nitrogen and oxygen atoms in total. The fourth-order valence-corrected chi connectivity index (χ4v) is 2.05. The van der Waals surface area contributed by atoms with Crippen LogP contribution in [0.1, 0.15) is 65.3 Å². The molecule has 114 valence electrons. The van der Waals surface area contributed by atoms with Crippen LogP contribution in [0.15, 0.2) is 0 Å². The summed E-state index contributed by atoms with van der Waals surface area (Å²) < 4.78 is 0. The number of rotatable bonds is 6. The highest BCUT2D eigenvalue weighted by Gasteiger charge is 2.20. The number of nitrogens with one attached hydrogen (secondary N) is 1. The van der Waals surface area contributed by atoms with E-state index in [9.17, 15) is 0 Å². The molecule has 1 aromatic rings. The van der Waals surface area contributed by atoms with Crippen molar-refractivity contribution in [3.8, 4) is 0 Å². The van der Waals surface area contributed by atoms with E-state index in [2.05, 4.69) is 49.9 Å². The molecule has 20 heavy (non-hydrogen) atoms. The lowest BCUT2D eigenvalue weighted by atomic mass is 9.95. The highest BCUT2D eigenvalue weighted by molar-refractivity contribution is 6.30. The quantitative estimate of drug-likeness (QED) is 0.595. The van der Waals surface area contributed by atoms with Gasteiger partial charge in [0.1, 0.15) is 16.8 Å². The van der Waals surface area contributed by atoms with E-state index < -0.39 is 0 Å². The summed E-state index contributed by atoms with van der Waals surface area (Å²) in [7, 11) is 0. The molecule has 0 radical (unpaired) electrons. The number of halogens is 1. The fraction of sp³-hybridized carbons (Fsp3) is 0.750. The smallest absolute Gasteiger partial charge is 0.137 e. The van der Waals surface area contributed by atoms with Crippen LogP contribution in [0.3, 0.4) is 0 Å². The zero-order valence-electron chi connectivity index (χ0n) is 13.7. The lowest BCUT2D eigenvalue weighted by Crippen LogP contribution is -2.18. The second-order valence-corrected chi connectivity index (χ2v) is 7.24. The van der Waals surface area contributed by atoms with Crippen LogP contribution in [0.5, 0.6) is 0 Å². The summed E-state index contributed by atoms with van der Waals surface area (Å²) in [5.74, 6) is 2.44. The number of nitrogens with zero attached hydrogens (tertiary/aromatic N) is 2. The van der Waals surface area contributed by atoms with E-state index in [0.29, 0.717) is 5.15 Å². The average Bonchev–Trinajstić information content (AvgIpc) is 2.31. The molecule has 0 saturated heterocycles. The van der Waals surface area contributed by atoms with Crippen molar-refractivity contribution in [2.24, 2.45) is 5.92 Å². The molecule has 1 N–H and O–H groups in total. The van der Waals surface area contributed by atoms with E-state index in [4.69, 9.17) is 11.6 Å². The van der Waals surface area contributed by atoms with Crippen LogP contribution >= 0.6 is 11.6 Å². The van der Waals surface area contributed by atoms with Crippen molar-refractivity contribution >= 4 is 17.4 Å². The lowest BCUT2D eigenvalue weighted by molar-refractivity contribution is 0.540. The fourth-order valence-electron chi connectivity index (χ4n) is 1.88. The van der Waals surface area contributed by atoms with Gasteiger partial charge < -0.3 is 5.32 Å². The van der Waals surface area contributed by atoms with Gasteiger partial charge >= 0.3 is 0 Å². The molecule has 0 amide bonds. The molecular weight excluding hydrogens is 270 g/mol. The number of hydrogen-bond donors (Lipinski definition) is 1. The lowest BCUT2D eigenvalue weighted by Gasteiger charge is -2.19. The summed E-state index contributed by atoms with van der Waals surface area (Å²) >= 11 is 6.22. The first-order valence-electron chi connectivity index (χ1n) is 7.50. The Labute approximate surface area is 128 Å². The van der Waals surface area contributed by atoms with Crippen molar-refractivity contribution in [1.29, 1.82) is 0 Å². The summed E-state index contributed by atoms with van der Waals surface area (Å²) in [4.78, 5) is 9.02. The van der Waals surface area contributed by atoms with Crippen LogP contribution < -0.4 is 5.32 Å². The van der Waals surface area contributed by atoms with Gasteiger partial charge in [-0.3, -0.25) is 0 Å². The first kappa shape index (κ1) is 17.2. The minimum Gasteiger partial charge on any atom is -0.370 e. The zero-order chi connectivity index (χ0) is 15.3. The molecule has 0 fully saturated rings. The number of unbranched alkanes of at least 4 members (excludes halogenated alkanes) is 1. The summed E-state index contributed by atoms with van der Waals surface area (Å²) in [5.41, 5.74) is 0.842. The molecule has 0 aromatic carbocycles. The molecule has 0 spiro atoms. The van der Waals surface area contributed by atoms with Gasteiger partial charge in [0.05, 0.1) is 0 Å². The Hall–Kier alpha value is -0.830. The molecule has 4 heteroatoms. The maximum Gasteiger partial charge on any atom is 0.137 e. The van der Waals surface area contributed by atoms with Crippen molar-refractivity contribution in [2.75, 3.05) is 11.9 Å². The van der Waals surface area contributed by atoms with Gasteiger partial charge in [0.15, 0.2) is 0 Å². The second-order valence-electron chi connectivity index (χ2n) is 6.88. The molecule has 0 atom stereocenters. The van der Waals surface area contributed by atoms with Crippen molar-refractivity contribution in [3.63, 3.8) is 0 Å². The van der Waals surface area contributed by atoms with E-state index in [1.54, 1.807) is 0 Å². The Balaban J connectivity index is 2.67. The molecule has 0 saturated carbocycles. The summed E-state index contributed by atoms with van der Waals surface area (Å²) in [5, 5.41) is 3.95. The topological polar surface area (TPSA) is 37.8 Å². The molecule has 0 aliphatic heterocycles. The molecule has 1 heterocycles. The minimum atomic E-state index is -0.0919.